The molecule has 0 aliphatic carbocycles. The molecular weight excluding hydrogens is 340 g/mol. The highest BCUT2D eigenvalue weighted by molar-refractivity contribution is 5.74. The number of carbonyl (C=O) groups excluding carboxylic acids is 1. The molecule has 0 aliphatic rings. The Balaban J connectivity index is 1.45. The van der Waals surface area contributed by atoms with Crippen LogP contribution in [0.2, 0.25) is 0 Å². The van der Waals surface area contributed by atoms with E-state index >= 15 is 0 Å². The van der Waals surface area contributed by atoms with E-state index in [0.717, 1.165) is 12.0 Å². The Hall–Kier alpha value is -3.27. The summed E-state index contributed by atoms with van der Waals surface area (Å²) in [6.07, 6.45) is 0.966. The van der Waals surface area contributed by atoms with Gasteiger partial charge in [-0.05, 0) is 53.9 Å². The monoisotopic (exact) mass is 362 g/mol. The van der Waals surface area contributed by atoms with Crippen molar-refractivity contribution in [1.82, 2.24) is 0 Å². The summed E-state index contributed by atoms with van der Waals surface area (Å²) in [5.41, 5.74) is 2.32. The number of hydrogen-bond acceptors (Lipinski definition) is 4. The van der Waals surface area contributed by atoms with Gasteiger partial charge in [0.15, 0.2) is 6.61 Å². The van der Waals surface area contributed by atoms with E-state index in [1.165, 1.54) is 5.56 Å². The number of aryl methyl sites for hydroxylation is 1. The van der Waals surface area contributed by atoms with E-state index < -0.39 is 5.97 Å². The van der Waals surface area contributed by atoms with E-state index in [1.807, 2.05) is 54.6 Å². The third-order valence-electron chi connectivity index (χ3n) is 3.99. The van der Waals surface area contributed by atoms with E-state index in [9.17, 15) is 4.79 Å². The second-order valence-electron chi connectivity index (χ2n) is 6.01. The lowest BCUT2D eigenvalue weighted by Gasteiger charge is -2.09. The Morgan fingerprint density at radius 2 is 1.30 bits per heavy atom. The molecule has 0 N–H and O–H groups in total. The molecule has 0 heterocycles. The van der Waals surface area contributed by atoms with E-state index in [1.54, 1.807) is 24.3 Å². The summed E-state index contributed by atoms with van der Waals surface area (Å²) in [6, 6.07) is 24.5. The van der Waals surface area contributed by atoms with Crippen molar-refractivity contribution in [1.29, 1.82) is 0 Å². The third-order valence-corrected chi connectivity index (χ3v) is 3.99. The largest absolute Gasteiger partial charge is 0.489 e. The summed E-state index contributed by atoms with van der Waals surface area (Å²) in [5, 5.41) is 0. The molecule has 27 heavy (non-hydrogen) atoms. The number of benzene rings is 3. The van der Waals surface area contributed by atoms with Crippen LogP contribution in [0.4, 0.5) is 0 Å². The van der Waals surface area contributed by atoms with E-state index in [0.29, 0.717) is 23.9 Å². The van der Waals surface area contributed by atoms with Crippen LogP contribution in [0.1, 0.15) is 18.1 Å². The molecule has 4 heteroatoms. The van der Waals surface area contributed by atoms with Gasteiger partial charge in [0.25, 0.3) is 0 Å². The molecule has 3 aromatic rings. The topological polar surface area (TPSA) is 44.8 Å². The predicted octanol–water partition coefficient (Wildman–Crippen LogP) is 4.81. The minimum atomic E-state index is -0.451. The summed E-state index contributed by atoms with van der Waals surface area (Å²) in [7, 11) is 0. The Morgan fingerprint density at radius 3 is 1.96 bits per heavy atom. The van der Waals surface area contributed by atoms with Crippen molar-refractivity contribution in [3.63, 3.8) is 0 Å². The van der Waals surface area contributed by atoms with Crippen LogP contribution in [0, 0.1) is 0 Å². The first kappa shape index (κ1) is 18.5. The van der Waals surface area contributed by atoms with Crippen molar-refractivity contribution in [3.05, 3.63) is 90.0 Å². The van der Waals surface area contributed by atoms with Gasteiger partial charge in [0.05, 0.1) is 0 Å². The van der Waals surface area contributed by atoms with Gasteiger partial charge >= 0.3 is 5.97 Å². The maximum atomic E-state index is 11.9. The zero-order chi connectivity index (χ0) is 18.9. The average molecular weight is 362 g/mol. The first-order valence-electron chi connectivity index (χ1n) is 8.92. The molecule has 0 amide bonds. The number of esters is 1. The molecule has 3 rings (SSSR count). The van der Waals surface area contributed by atoms with Crippen LogP contribution in [0.15, 0.2) is 78.9 Å². The molecule has 0 saturated carbocycles. The van der Waals surface area contributed by atoms with E-state index in [2.05, 4.69) is 6.92 Å². The van der Waals surface area contributed by atoms with E-state index in [4.69, 9.17) is 14.2 Å². The molecule has 138 valence electrons. The SMILES string of the molecule is CCc1ccc(OCC(=O)Oc2ccc(OCc3ccccc3)cc2)cc1. The molecule has 0 saturated heterocycles. The Kier molecular flexibility index (Phi) is 6.47. The first-order chi connectivity index (χ1) is 13.2. The summed E-state index contributed by atoms with van der Waals surface area (Å²) in [5.74, 6) is 1.37. The van der Waals surface area contributed by atoms with Crippen LogP contribution in [0.5, 0.6) is 17.2 Å². The second-order valence-corrected chi connectivity index (χ2v) is 6.01. The molecule has 0 aromatic heterocycles. The molecule has 0 aliphatic heterocycles. The fourth-order valence-electron chi connectivity index (χ4n) is 2.47. The van der Waals surface area contributed by atoms with Crippen LogP contribution in [-0.4, -0.2) is 12.6 Å². The zero-order valence-electron chi connectivity index (χ0n) is 15.3. The highest BCUT2D eigenvalue weighted by Gasteiger charge is 2.07. The Labute approximate surface area is 159 Å². The van der Waals surface area contributed by atoms with Crippen LogP contribution in [0.25, 0.3) is 0 Å². The number of rotatable bonds is 8. The van der Waals surface area contributed by atoms with Gasteiger partial charge in [-0.3, -0.25) is 0 Å². The molecular formula is C23H22O4. The van der Waals surface area contributed by atoms with Crippen LogP contribution < -0.4 is 14.2 Å². The van der Waals surface area contributed by atoms with Gasteiger partial charge in [0.2, 0.25) is 0 Å². The zero-order valence-corrected chi connectivity index (χ0v) is 15.3. The third kappa shape index (κ3) is 5.89. The number of carbonyl (C=O) groups is 1. The standard InChI is InChI=1S/C23H22O4/c1-2-18-8-10-20(11-9-18)26-17-23(24)27-22-14-12-21(13-15-22)25-16-19-6-4-3-5-7-19/h3-15H,2,16-17H2,1H3. The van der Waals surface area contributed by atoms with Crippen molar-refractivity contribution in [2.75, 3.05) is 6.61 Å². The maximum absolute atomic E-state index is 11.9. The minimum Gasteiger partial charge on any atom is -0.489 e. The van der Waals surface area contributed by atoms with Crippen molar-refractivity contribution >= 4 is 5.97 Å². The molecule has 4 nitrogen and oxygen atoms in total. The van der Waals surface area contributed by atoms with Crippen molar-refractivity contribution in [3.8, 4) is 17.2 Å². The lowest BCUT2D eigenvalue weighted by atomic mass is 10.2. The summed E-state index contributed by atoms with van der Waals surface area (Å²) in [4.78, 5) is 11.9. The van der Waals surface area contributed by atoms with Gasteiger partial charge < -0.3 is 14.2 Å². The van der Waals surface area contributed by atoms with Gasteiger partial charge in [0, 0.05) is 0 Å². The van der Waals surface area contributed by atoms with Crippen LogP contribution >= 0.6 is 0 Å². The lowest BCUT2D eigenvalue weighted by Crippen LogP contribution is -2.17. The summed E-state index contributed by atoms with van der Waals surface area (Å²) in [6.45, 7) is 2.44. The molecule has 0 unspecified atom stereocenters. The summed E-state index contributed by atoms with van der Waals surface area (Å²) < 4.78 is 16.4. The minimum absolute atomic E-state index is 0.141. The lowest BCUT2D eigenvalue weighted by molar-refractivity contribution is -0.136. The number of ether oxygens (including phenoxy) is 3. The number of hydrogen-bond donors (Lipinski definition) is 0. The Bertz CT molecular complexity index is 840. The molecule has 0 fully saturated rings. The van der Waals surface area contributed by atoms with Crippen LogP contribution in [-0.2, 0) is 17.8 Å². The van der Waals surface area contributed by atoms with Crippen molar-refractivity contribution in [2.24, 2.45) is 0 Å². The van der Waals surface area contributed by atoms with Crippen LogP contribution in [0.3, 0.4) is 0 Å². The van der Waals surface area contributed by atoms with Crippen molar-refractivity contribution in [2.45, 2.75) is 20.0 Å². The van der Waals surface area contributed by atoms with Gasteiger partial charge in [-0.2, -0.15) is 0 Å². The molecule has 0 radical (unpaired) electrons. The maximum Gasteiger partial charge on any atom is 0.349 e. The molecule has 0 bridgehead atoms. The summed E-state index contributed by atoms with van der Waals surface area (Å²) >= 11 is 0. The highest BCUT2D eigenvalue weighted by atomic mass is 16.6. The fourth-order valence-corrected chi connectivity index (χ4v) is 2.47. The van der Waals surface area contributed by atoms with Gasteiger partial charge in [-0.15, -0.1) is 0 Å². The molecule has 3 aromatic carbocycles. The van der Waals surface area contributed by atoms with Gasteiger partial charge in [-0.1, -0.05) is 49.4 Å². The van der Waals surface area contributed by atoms with E-state index in [-0.39, 0.29) is 6.61 Å². The van der Waals surface area contributed by atoms with Gasteiger partial charge in [-0.25, -0.2) is 4.79 Å². The van der Waals surface area contributed by atoms with Gasteiger partial charge in [0.1, 0.15) is 23.9 Å². The smallest absolute Gasteiger partial charge is 0.349 e. The normalized spacial score (nSPS) is 10.3. The average Bonchev–Trinajstić information content (AvgIpc) is 2.73. The Morgan fingerprint density at radius 1 is 0.704 bits per heavy atom. The highest BCUT2D eigenvalue weighted by Crippen LogP contribution is 2.19. The molecule has 0 atom stereocenters. The quantitative estimate of drug-likeness (QED) is 0.426. The molecule has 0 spiro atoms. The first-order valence-corrected chi connectivity index (χ1v) is 8.92. The second kappa shape index (κ2) is 9.43. The van der Waals surface area contributed by atoms with Crippen molar-refractivity contribution < 1.29 is 19.0 Å². The predicted molar refractivity (Wildman–Crippen MR) is 104 cm³/mol. The fraction of sp³-hybridized carbons (Fsp3) is 0.174.